The first-order valence-electron chi connectivity index (χ1n) is 10.8. The minimum absolute atomic E-state index is 0. The number of aryl methyl sites for hydroxylation is 1. The van der Waals surface area contributed by atoms with Crippen molar-refractivity contribution in [3.05, 3.63) is 63.7 Å². The Hall–Kier alpha value is -2.60. The zero-order valence-corrected chi connectivity index (χ0v) is 21.3. The average Bonchev–Trinajstić information content (AvgIpc) is 3.32. The number of hydrogen-bond donors (Lipinski definition) is 3. The zero-order chi connectivity index (χ0) is 22.8. The third-order valence-corrected chi connectivity index (χ3v) is 5.22. The van der Waals surface area contributed by atoms with Gasteiger partial charge in [-0.15, -0.1) is 24.0 Å². The molecule has 0 bridgehead atoms. The van der Waals surface area contributed by atoms with Crippen molar-refractivity contribution in [1.29, 1.82) is 0 Å². The van der Waals surface area contributed by atoms with Crippen molar-refractivity contribution >= 4 is 41.3 Å². The SMILES string of the molecule is CN=C(NCCNc1ccccc1[N+](=O)[O-])NCc1ccc(C)cc1OCC1CCOC1.I. The molecule has 0 amide bonds. The van der Waals surface area contributed by atoms with E-state index in [4.69, 9.17) is 9.47 Å². The Morgan fingerprint density at radius 2 is 2.06 bits per heavy atom. The molecule has 180 valence electrons. The summed E-state index contributed by atoms with van der Waals surface area (Å²) in [7, 11) is 1.71. The van der Waals surface area contributed by atoms with Crippen LogP contribution in [0.4, 0.5) is 11.4 Å². The topological polar surface area (TPSA) is 110 Å². The van der Waals surface area contributed by atoms with Gasteiger partial charge in [0.05, 0.1) is 18.1 Å². The maximum absolute atomic E-state index is 11.1. The Morgan fingerprint density at radius 1 is 1.24 bits per heavy atom. The summed E-state index contributed by atoms with van der Waals surface area (Å²) in [6, 6.07) is 12.8. The minimum atomic E-state index is -0.392. The lowest BCUT2D eigenvalue weighted by Gasteiger charge is -2.17. The van der Waals surface area contributed by atoms with Crippen LogP contribution in [0.25, 0.3) is 0 Å². The number of anilines is 1. The lowest BCUT2D eigenvalue weighted by molar-refractivity contribution is -0.384. The molecule has 0 saturated carbocycles. The summed E-state index contributed by atoms with van der Waals surface area (Å²) in [6.45, 7) is 5.89. The van der Waals surface area contributed by atoms with E-state index in [0.717, 1.165) is 36.5 Å². The molecule has 0 radical (unpaired) electrons. The molecule has 9 nitrogen and oxygen atoms in total. The van der Waals surface area contributed by atoms with Gasteiger partial charge in [0.25, 0.3) is 5.69 Å². The summed E-state index contributed by atoms with van der Waals surface area (Å²) in [6.07, 6.45) is 1.04. The molecule has 2 aromatic rings. The molecule has 33 heavy (non-hydrogen) atoms. The van der Waals surface area contributed by atoms with E-state index in [1.807, 2.05) is 6.92 Å². The van der Waals surface area contributed by atoms with Crippen molar-refractivity contribution in [3.8, 4) is 5.75 Å². The molecular weight excluding hydrogens is 537 g/mol. The number of nitro groups is 1. The van der Waals surface area contributed by atoms with Gasteiger partial charge in [-0.25, -0.2) is 0 Å². The van der Waals surface area contributed by atoms with E-state index >= 15 is 0 Å². The van der Waals surface area contributed by atoms with Gasteiger partial charge < -0.3 is 25.4 Å². The van der Waals surface area contributed by atoms with Gasteiger partial charge >= 0.3 is 0 Å². The number of nitro benzene ring substituents is 1. The van der Waals surface area contributed by atoms with Gasteiger partial charge in [0.2, 0.25) is 0 Å². The molecule has 1 saturated heterocycles. The molecule has 1 unspecified atom stereocenters. The molecule has 0 aromatic heterocycles. The summed E-state index contributed by atoms with van der Waals surface area (Å²) in [5, 5.41) is 20.7. The molecule has 1 atom stereocenters. The van der Waals surface area contributed by atoms with Crippen LogP contribution in [0.15, 0.2) is 47.5 Å². The van der Waals surface area contributed by atoms with Crippen LogP contribution in [0, 0.1) is 23.0 Å². The molecule has 0 spiro atoms. The first-order chi connectivity index (χ1) is 15.6. The van der Waals surface area contributed by atoms with Crippen LogP contribution in [0.1, 0.15) is 17.5 Å². The van der Waals surface area contributed by atoms with E-state index in [2.05, 4.69) is 39.1 Å². The van der Waals surface area contributed by atoms with Gasteiger partial charge in [0.15, 0.2) is 5.96 Å². The number of para-hydroxylation sites is 2. The lowest BCUT2D eigenvalue weighted by Crippen LogP contribution is -2.39. The molecule has 10 heteroatoms. The second kappa shape index (κ2) is 13.8. The minimum Gasteiger partial charge on any atom is -0.493 e. The summed E-state index contributed by atoms with van der Waals surface area (Å²) < 4.78 is 11.5. The fourth-order valence-electron chi connectivity index (χ4n) is 3.42. The Labute approximate surface area is 211 Å². The standard InChI is InChI=1S/C23H31N5O4.HI/c1-17-7-8-19(22(13-17)32-16-18-9-12-31-15-18)14-27-23(24-2)26-11-10-25-20-5-3-4-6-21(20)28(29)30;/h3-8,13,18,25H,9-12,14-16H2,1-2H3,(H2,24,26,27);1H. The Balaban J connectivity index is 0.00000385. The molecule has 3 rings (SSSR count). The van der Waals surface area contributed by atoms with Crippen LogP contribution in [0.2, 0.25) is 0 Å². The second-order valence-corrected chi connectivity index (χ2v) is 7.71. The Bertz CT molecular complexity index is 935. The molecule has 3 N–H and O–H groups in total. The number of halogens is 1. The predicted molar refractivity (Wildman–Crippen MR) is 141 cm³/mol. The molecule has 0 aliphatic carbocycles. The average molecular weight is 569 g/mol. The van der Waals surface area contributed by atoms with Crippen LogP contribution in [0.5, 0.6) is 5.75 Å². The molecule has 2 aromatic carbocycles. The van der Waals surface area contributed by atoms with Crippen molar-refractivity contribution in [2.75, 3.05) is 45.3 Å². The Morgan fingerprint density at radius 3 is 2.79 bits per heavy atom. The van der Waals surface area contributed by atoms with E-state index in [1.165, 1.54) is 6.07 Å². The molecular formula is C23H32IN5O4. The maximum atomic E-state index is 11.1. The smallest absolute Gasteiger partial charge is 0.292 e. The van der Waals surface area contributed by atoms with E-state index in [-0.39, 0.29) is 29.7 Å². The number of nitrogens with one attached hydrogen (secondary N) is 3. The van der Waals surface area contributed by atoms with E-state index in [9.17, 15) is 10.1 Å². The first kappa shape index (κ1) is 26.7. The van der Waals surface area contributed by atoms with Crippen molar-refractivity contribution < 1.29 is 14.4 Å². The Kier molecular flexibility index (Phi) is 11.2. The number of aliphatic imine (C=N–C) groups is 1. The summed E-state index contributed by atoms with van der Waals surface area (Å²) >= 11 is 0. The van der Waals surface area contributed by atoms with E-state index < -0.39 is 4.92 Å². The van der Waals surface area contributed by atoms with Crippen LogP contribution in [-0.2, 0) is 11.3 Å². The van der Waals surface area contributed by atoms with Gasteiger partial charge in [-0.05, 0) is 31.0 Å². The fourth-order valence-corrected chi connectivity index (χ4v) is 3.42. The van der Waals surface area contributed by atoms with E-state index in [1.54, 1.807) is 25.2 Å². The van der Waals surface area contributed by atoms with Gasteiger partial charge in [-0.2, -0.15) is 0 Å². The first-order valence-corrected chi connectivity index (χ1v) is 10.8. The largest absolute Gasteiger partial charge is 0.493 e. The lowest BCUT2D eigenvalue weighted by atomic mass is 10.1. The molecule has 1 aliphatic rings. The molecule has 1 heterocycles. The number of rotatable bonds is 10. The van der Waals surface area contributed by atoms with Crippen molar-refractivity contribution in [1.82, 2.24) is 10.6 Å². The third kappa shape index (κ3) is 8.35. The van der Waals surface area contributed by atoms with E-state index in [0.29, 0.717) is 43.8 Å². The van der Waals surface area contributed by atoms with Crippen LogP contribution in [-0.4, -0.2) is 50.8 Å². The summed E-state index contributed by atoms with van der Waals surface area (Å²) in [5.74, 6) is 1.96. The molecule has 1 fully saturated rings. The van der Waals surface area contributed by atoms with Crippen molar-refractivity contribution in [3.63, 3.8) is 0 Å². The highest BCUT2D eigenvalue weighted by Crippen LogP contribution is 2.23. The van der Waals surface area contributed by atoms with Crippen LogP contribution >= 0.6 is 24.0 Å². The molecule has 1 aliphatic heterocycles. The van der Waals surface area contributed by atoms with Crippen molar-refractivity contribution in [2.24, 2.45) is 10.9 Å². The highest BCUT2D eigenvalue weighted by molar-refractivity contribution is 14.0. The van der Waals surface area contributed by atoms with Gasteiger partial charge in [-0.3, -0.25) is 15.1 Å². The predicted octanol–water partition coefficient (Wildman–Crippen LogP) is 3.71. The normalized spacial score (nSPS) is 15.5. The third-order valence-electron chi connectivity index (χ3n) is 5.22. The van der Waals surface area contributed by atoms with Gasteiger partial charge in [-0.1, -0.05) is 24.3 Å². The maximum Gasteiger partial charge on any atom is 0.292 e. The zero-order valence-electron chi connectivity index (χ0n) is 19.0. The highest BCUT2D eigenvalue weighted by atomic mass is 127. The second-order valence-electron chi connectivity index (χ2n) is 7.71. The number of nitrogens with zero attached hydrogens (tertiary/aromatic N) is 2. The highest BCUT2D eigenvalue weighted by Gasteiger charge is 2.17. The number of hydrogen-bond acceptors (Lipinski definition) is 6. The summed E-state index contributed by atoms with van der Waals surface area (Å²) in [4.78, 5) is 15.0. The van der Waals surface area contributed by atoms with Crippen LogP contribution in [0.3, 0.4) is 0 Å². The fraction of sp³-hybridized carbons (Fsp3) is 0.435. The van der Waals surface area contributed by atoms with Crippen molar-refractivity contribution in [2.45, 2.75) is 19.9 Å². The van der Waals surface area contributed by atoms with Crippen LogP contribution < -0.4 is 20.7 Å². The summed E-state index contributed by atoms with van der Waals surface area (Å²) in [5.41, 5.74) is 2.76. The number of ether oxygens (including phenoxy) is 2. The van der Waals surface area contributed by atoms with Gasteiger partial charge in [0, 0.05) is 50.8 Å². The number of benzene rings is 2. The monoisotopic (exact) mass is 569 g/mol. The number of guanidine groups is 1. The quantitative estimate of drug-likeness (QED) is 0.1000. The van der Waals surface area contributed by atoms with Gasteiger partial charge in [0.1, 0.15) is 11.4 Å².